The van der Waals surface area contributed by atoms with Crippen molar-refractivity contribution in [3.63, 3.8) is 0 Å². The Morgan fingerprint density at radius 1 is 1.36 bits per heavy atom. The lowest BCUT2D eigenvalue weighted by molar-refractivity contribution is -0.0439. The Labute approximate surface area is 133 Å². The molecule has 1 aromatic carbocycles. The van der Waals surface area contributed by atoms with Gasteiger partial charge in [-0.25, -0.2) is 4.79 Å². The van der Waals surface area contributed by atoms with Crippen LogP contribution in [0.3, 0.4) is 0 Å². The molecule has 5 heteroatoms. The number of benzene rings is 1. The van der Waals surface area contributed by atoms with Gasteiger partial charge >= 0.3 is 5.97 Å². The molecule has 0 saturated heterocycles. The Kier molecular flexibility index (Phi) is 4.29. The van der Waals surface area contributed by atoms with Crippen LogP contribution in [0.4, 0.5) is 0 Å². The summed E-state index contributed by atoms with van der Waals surface area (Å²) in [6, 6.07) is 9.11. The predicted molar refractivity (Wildman–Crippen MR) is 86.4 cm³/mol. The first-order chi connectivity index (χ1) is 10.6. The van der Waals surface area contributed by atoms with E-state index in [1.165, 1.54) is 10.4 Å². The highest BCUT2D eigenvalue weighted by Crippen LogP contribution is 2.35. The van der Waals surface area contributed by atoms with Crippen LogP contribution in [0, 0.1) is 0 Å². The molecule has 116 valence electrons. The molecule has 22 heavy (non-hydrogen) atoms. The van der Waals surface area contributed by atoms with Gasteiger partial charge in [-0.2, -0.15) is 0 Å². The van der Waals surface area contributed by atoms with E-state index in [1.807, 2.05) is 12.1 Å². The summed E-state index contributed by atoms with van der Waals surface area (Å²) in [6.45, 7) is 4.31. The molecular formula is C17H19NO3S. The van der Waals surface area contributed by atoms with Crippen molar-refractivity contribution < 1.29 is 14.6 Å². The summed E-state index contributed by atoms with van der Waals surface area (Å²) in [5, 5.41) is 14.4. The van der Waals surface area contributed by atoms with Gasteiger partial charge in [-0.1, -0.05) is 12.1 Å². The molecule has 1 aliphatic heterocycles. The van der Waals surface area contributed by atoms with Crippen molar-refractivity contribution >= 4 is 17.3 Å². The van der Waals surface area contributed by atoms with Crippen LogP contribution in [-0.4, -0.2) is 24.2 Å². The van der Waals surface area contributed by atoms with E-state index in [9.17, 15) is 4.79 Å². The molecule has 2 aromatic rings. The fraction of sp³-hybridized carbons (Fsp3) is 0.353. The SMILES string of the molecule is CC1(CNCc2ccc(C(=O)O)cc2)OCCc2sccc21. The Hall–Kier alpha value is -1.69. The number of ether oxygens (including phenoxy) is 1. The highest BCUT2D eigenvalue weighted by molar-refractivity contribution is 7.10. The summed E-state index contributed by atoms with van der Waals surface area (Å²) >= 11 is 1.80. The van der Waals surface area contributed by atoms with E-state index in [0.717, 1.165) is 25.1 Å². The monoisotopic (exact) mass is 317 g/mol. The molecule has 1 unspecified atom stereocenters. The number of thiophene rings is 1. The summed E-state index contributed by atoms with van der Waals surface area (Å²) < 4.78 is 6.01. The Morgan fingerprint density at radius 3 is 2.86 bits per heavy atom. The van der Waals surface area contributed by atoms with Gasteiger partial charge in [0.25, 0.3) is 0 Å². The number of nitrogens with one attached hydrogen (secondary N) is 1. The predicted octanol–water partition coefficient (Wildman–Crippen LogP) is 3.02. The Bertz CT molecular complexity index is 665. The second kappa shape index (κ2) is 6.20. The van der Waals surface area contributed by atoms with Gasteiger partial charge in [-0.3, -0.25) is 0 Å². The third-order valence-electron chi connectivity index (χ3n) is 4.06. The summed E-state index contributed by atoms with van der Waals surface area (Å²) in [4.78, 5) is 12.3. The lowest BCUT2D eigenvalue weighted by atomic mass is 9.93. The maximum absolute atomic E-state index is 10.8. The van der Waals surface area contributed by atoms with E-state index >= 15 is 0 Å². The number of hydrogen-bond donors (Lipinski definition) is 2. The first-order valence-corrected chi connectivity index (χ1v) is 8.20. The second-order valence-electron chi connectivity index (χ2n) is 5.69. The molecule has 4 nitrogen and oxygen atoms in total. The molecule has 0 saturated carbocycles. The van der Waals surface area contributed by atoms with Crippen LogP contribution in [0.2, 0.25) is 0 Å². The van der Waals surface area contributed by atoms with E-state index < -0.39 is 5.97 Å². The lowest BCUT2D eigenvalue weighted by Crippen LogP contribution is -2.40. The van der Waals surface area contributed by atoms with Crippen molar-refractivity contribution in [2.45, 2.75) is 25.5 Å². The molecule has 0 spiro atoms. The molecule has 0 bridgehead atoms. The highest BCUT2D eigenvalue weighted by atomic mass is 32.1. The molecule has 1 aliphatic rings. The molecule has 0 aliphatic carbocycles. The lowest BCUT2D eigenvalue weighted by Gasteiger charge is -2.34. The first-order valence-electron chi connectivity index (χ1n) is 7.32. The Morgan fingerprint density at radius 2 is 2.14 bits per heavy atom. The average molecular weight is 317 g/mol. The van der Waals surface area contributed by atoms with E-state index in [-0.39, 0.29) is 5.60 Å². The van der Waals surface area contributed by atoms with Crippen molar-refractivity contribution in [1.29, 1.82) is 0 Å². The molecule has 1 aromatic heterocycles. The normalized spacial score (nSPS) is 20.6. The molecular weight excluding hydrogens is 298 g/mol. The maximum Gasteiger partial charge on any atom is 0.335 e. The smallest absolute Gasteiger partial charge is 0.335 e. The van der Waals surface area contributed by atoms with Gasteiger partial charge in [0.2, 0.25) is 0 Å². The second-order valence-corrected chi connectivity index (χ2v) is 6.69. The van der Waals surface area contributed by atoms with Crippen LogP contribution >= 0.6 is 11.3 Å². The minimum Gasteiger partial charge on any atom is -0.478 e. The highest BCUT2D eigenvalue weighted by Gasteiger charge is 2.33. The minimum atomic E-state index is -0.896. The van der Waals surface area contributed by atoms with E-state index in [0.29, 0.717) is 12.1 Å². The van der Waals surface area contributed by atoms with Crippen molar-refractivity contribution in [1.82, 2.24) is 5.32 Å². The molecule has 0 fully saturated rings. The molecule has 2 N–H and O–H groups in total. The number of rotatable bonds is 5. The van der Waals surface area contributed by atoms with Gasteiger partial charge in [0.05, 0.1) is 12.2 Å². The topological polar surface area (TPSA) is 58.6 Å². The van der Waals surface area contributed by atoms with Crippen LogP contribution in [-0.2, 0) is 23.3 Å². The van der Waals surface area contributed by atoms with Crippen molar-refractivity contribution in [2.75, 3.05) is 13.2 Å². The third-order valence-corrected chi connectivity index (χ3v) is 5.04. The zero-order valence-electron chi connectivity index (χ0n) is 12.5. The van der Waals surface area contributed by atoms with Crippen molar-refractivity contribution in [2.24, 2.45) is 0 Å². The van der Waals surface area contributed by atoms with Crippen LogP contribution in [0.25, 0.3) is 0 Å². The van der Waals surface area contributed by atoms with Gasteiger partial charge in [0.1, 0.15) is 5.60 Å². The summed E-state index contributed by atoms with van der Waals surface area (Å²) in [6.07, 6.45) is 0.999. The van der Waals surface area contributed by atoms with Crippen LogP contribution in [0.15, 0.2) is 35.7 Å². The quantitative estimate of drug-likeness (QED) is 0.890. The summed E-state index contributed by atoms with van der Waals surface area (Å²) in [5.41, 5.74) is 2.39. The molecule has 2 heterocycles. The molecule has 1 atom stereocenters. The number of aromatic carboxylic acids is 1. The third kappa shape index (κ3) is 3.06. The fourth-order valence-corrected chi connectivity index (χ4v) is 3.79. The minimum absolute atomic E-state index is 0.283. The zero-order chi connectivity index (χ0) is 15.6. The van der Waals surface area contributed by atoms with Gasteiger partial charge in [0.15, 0.2) is 0 Å². The summed E-state index contributed by atoms with van der Waals surface area (Å²) in [5.74, 6) is -0.896. The van der Waals surface area contributed by atoms with Gasteiger partial charge in [0, 0.05) is 24.4 Å². The largest absolute Gasteiger partial charge is 0.478 e. The molecule has 0 radical (unpaired) electrons. The van der Waals surface area contributed by atoms with E-state index in [1.54, 1.807) is 23.5 Å². The number of carbonyl (C=O) groups is 1. The first kappa shape index (κ1) is 15.2. The molecule has 0 amide bonds. The number of carboxylic acid groups (broad SMARTS) is 1. The van der Waals surface area contributed by atoms with Crippen LogP contribution in [0.5, 0.6) is 0 Å². The van der Waals surface area contributed by atoms with Gasteiger partial charge in [-0.15, -0.1) is 11.3 Å². The number of hydrogen-bond acceptors (Lipinski definition) is 4. The number of carboxylic acids is 1. The van der Waals surface area contributed by atoms with Crippen LogP contribution in [0.1, 0.15) is 33.3 Å². The van der Waals surface area contributed by atoms with E-state index in [2.05, 4.69) is 23.7 Å². The van der Waals surface area contributed by atoms with Crippen molar-refractivity contribution in [3.8, 4) is 0 Å². The average Bonchev–Trinajstić information content (AvgIpc) is 2.98. The fourth-order valence-electron chi connectivity index (χ4n) is 2.81. The summed E-state index contributed by atoms with van der Waals surface area (Å²) in [7, 11) is 0. The Balaban J connectivity index is 1.61. The molecule has 3 rings (SSSR count). The van der Waals surface area contributed by atoms with E-state index in [4.69, 9.17) is 9.84 Å². The van der Waals surface area contributed by atoms with Crippen LogP contribution < -0.4 is 5.32 Å². The van der Waals surface area contributed by atoms with Crippen molar-refractivity contribution in [3.05, 3.63) is 57.3 Å². The maximum atomic E-state index is 10.8. The van der Waals surface area contributed by atoms with Gasteiger partial charge in [-0.05, 0) is 41.6 Å². The zero-order valence-corrected chi connectivity index (χ0v) is 13.3. The van der Waals surface area contributed by atoms with Gasteiger partial charge < -0.3 is 15.2 Å². The standard InChI is InChI=1S/C17H19NO3S/c1-17(14-7-9-22-15(14)6-8-21-17)11-18-10-12-2-4-13(5-3-12)16(19)20/h2-5,7,9,18H,6,8,10-11H2,1H3,(H,19,20). The number of fused-ring (bicyclic) bond motifs is 1.